The van der Waals surface area contributed by atoms with Gasteiger partial charge in [-0.15, -0.1) is 11.8 Å². The summed E-state index contributed by atoms with van der Waals surface area (Å²) in [6, 6.07) is 9.48. The van der Waals surface area contributed by atoms with Crippen LogP contribution in [0.25, 0.3) is 0 Å². The quantitative estimate of drug-likeness (QED) is 0.342. The zero-order valence-corrected chi connectivity index (χ0v) is 21.1. The Hall–Kier alpha value is -2.03. The monoisotopic (exact) mass is 479 g/mol. The topological polar surface area (TPSA) is 83.9 Å². The fourth-order valence-electron chi connectivity index (χ4n) is 3.75. The minimum Gasteiger partial charge on any atom is -0.482 e. The van der Waals surface area contributed by atoms with Crippen LogP contribution in [-0.2, 0) is 14.8 Å². The number of benzene rings is 2. The van der Waals surface area contributed by atoms with Crippen LogP contribution in [-0.4, -0.2) is 49.2 Å². The third-order valence-electron chi connectivity index (χ3n) is 4.99. The molecule has 2 aromatic carbocycles. The third-order valence-corrected chi connectivity index (χ3v) is 8.28. The first kappa shape index (κ1) is 26.2. The van der Waals surface area contributed by atoms with Gasteiger partial charge in [-0.05, 0) is 81.2 Å². The maximum absolute atomic E-state index is 13.4. The van der Waals surface area contributed by atoms with E-state index >= 15 is 0 Å². The van der Waals surface area contributed by atoms with Crippen LogP contribution >= 0.6 is 11.8 Å². The molecule has 0 bridgehead atoms. The molecule has 32 heavy (non-hydrogen) atoms. The number of ether oxygens (including phenoxy) is 1. The van der Waals surface area contributed by atoms with Crippen LogP contribution in [0, 0.1) is 27.7 Å². The SMILES string of the molecule is CCCN(CCCSc1ccc(OCC(=O)O)c(C)c1)S(=O)(=O)c1c(C)cc(C)cc1C. The van der Waals surface area contributed by atoms with E-state index in [1.807, 2.05) is 58.9 Å². The van der Waals surface area contributed by atoms with Gasteiger partial charge in [-0.3, -0.25) is 0 Å². The maximum Gasteiger partial charge on any atom is 0.341 e. The smallest absolute Gasteiger partial charge is 0.341 e. The molecular formula is C24H33NO5S2. The fourth-order valence-corrected chi connectivity index (χ4v) is 6.66. The van der Waals surface area contributed by atoms with Crippen molar-refractivity contribution < 1.29 is 23.1 Å². The number of carbonyl (C=O) groups is 1. The number of sulfonamides is 1. The summed E-state index contributed by atoms with van der Waals surface area (Å²) in [6.07, 6.45) is 1.48. The van der Waals surface area contributed by atoms with Crippen molar-refractivity contribution in [2.24, 2.45) is 0 Å². The van der Waals surface area contributed by atoms with Gasteiger partial charge in [0.15, 0.2) is 6.61 Å². The molecule has 0 unspecified atom stereocenters. The normalized spacial score (nSPS) is 11.7. The number of carboxylic acid groups (broad SMARTS) is 1. The average molecular weight is 480 g/mol. The zero-order valence-electron chi connectivity index (χ0n) is 19.5. The lowest BCUT2D eigenvalue weighted by molar-refractivity contribution is -0.139. The Labute approximate surface area is 196 Å². The summed E-state index contributed by atoms with van der Waals surface area (Å²) in [7, 11) is -3.55. The Morgan fingerprint density at radius 2 is 1.69 bits per heavy atom. The van der Waals surface area contributed by atoms with Crippen LogP contribution in [0.2, 0.25) is 0 Å². The van der Waals surface area contributed by atoms with Gasteiger partial charge in [0.25, 0.3) is 0 Å². The number of rotatable bonds is 12. The summed E-state index contributed by atoms with van der Waals surface area (Å²) < 4.78 is 33.7. The molecule has 0 aliphatic rings. The molecule has 0 fully saturated rings. The summed E-state index contributed by atoms with van der Waals surface area (Å²) in [5.41, 5.74) is 3.51. The highest BCUT2D eigenvalue weighted by atomic mass is 32.2. The van der Waals surface area contributed by atoms with Crippen LogP contribution in [0.3, 0.4) is 0 Å². The highest BCUT2D eigenvalue weighted by Gasteiger charge is 2.27. The van der Waals surface area contributed by atoms with Crippen LogP contribution in [0.1, 0.15) is 42.0 Å². The first-order chi connectivity index (χ1) is 15.1. The minimum absolute atomic E-state index is 0.366. The molecule has 6 nitrogen and oxygen atoms in total. The standard InChI is InChI=1S/C24H33NO5S2/c1-6-10-25(32(28,29)24-19(4)13-17(2)14-20(24)5)11-7-12-31-21-8-9-22(18(3)15-21)30-16-23(26)27/h8-9,13-15H,6-7,10-12,16H2,1-5H3,(H,26,27). The van der Waals surface area contributed by atoms with E-state index in [4.69, 9.17) is 9.84 Å². The van der Waals surface area contributed by atoms with E-state index in [9.17, 15) is 13.2 Å². The summed E-state index contributed by atoms with van der Waals surface area (Å²) >= 11 is 1.65. The van der Waals surface area contributed by atoms with Crippen LogP contribution in [0.4, 0.5) is 0 Å². The van der Waals surface area contributed by atoms with Gasteiger partial charge in [0.05, 0.1) is 4.90 Å². The van der Waals surface area contributed by atoms with Gasteiger partial charge >= 0.3 is 5.97 Å². The first-order valence-electron chi connectivity index (χ1n) is 10.7. The third kappa shape index (κ3) is 6.98. The number of aliphatic carboxylic acids is 1. The molecule has 0 heterocycles. The van der Waals surface area contributed by atoms with Crippen molar-refractivity contribution in [1.29, 1.82) is 0 Å². The Morgan fingerprint density at radius 3 is 2.25 bits per heavy atom. The van der Waals surface area contributed by atoms with Gasteiger partial charge in [-0.1, -0.05) is 24.6 Å². The van der Waals surface area contributed by atoms with Gasteiger partial charge in [0.1, 0.15) is 5.75 Å². The molecule has 0 saturated heterocycles. The molecule has 8 heteroatoms. The molecule has 1 N–H and O–H groups in total. The van der Waals surface area contributed by atoms with Crippen LogP contribution in [0.5, 0.6) is 5.75 Å². The van der Waals surface area contributed by atoms with Crippen LogP contribution in [0.15, 0.2) is 40.1 Å². The molecule has 0 saturated carbocycles. The molecule has 0 aliphatic heterocycles. The van der Waals surface area contributed by atoms with Gasteiger partial charge < -0.3 is 9.84 Å². The number of carboxylic acids is 1. The first-order valence-corrected chi connectivity index (χ1v) is 13.1. The van der Waals surface area contributed by atoms with Crippen molar-refractivity contribution in [2.45, 2.75) is 57.3 Å². The van der Waals surface area contributed by atoms with Gasteiger partial charge in [0.2, 0.25) is 10.0 Å². The molecule has 0 atom stereocenters. The lowest BCUT2D eigenvalue weighted by Gasteiger charge is -2.24. The van der Waals surface area contributed by atoms with Crippen molar-refractivity contribution in [3.63, 3.8) is 0 Å². The van der Waals surface area contributed by atoms with E-state index in [1.165, 1.54) is 0 Å². The number of hydrogen-bond donors (Lipinski definition) is 1. The lowest BCUT2D eigenvalue weighted by Crippen LogP contribution is -2.34. The van der Waals surface area contributed by atoms with Crippen molar-refractivity contribution in [3.8, 4) is 5.75 Å². The van der Waals surface area contributed by atoms with Crippen molar-refractivity contribution >= 4 is 27.8 Å². The second-order valence-electron chi connectivity index (χ2n) is 7.94. The molecule has 176 valence electrons. The molecule has 0 aliphatic carbocycles. The highest BCUT2D eigenvalue weighted by molar-refractivity contribution is 7.99. The Morgan fingerprint density at radius 1 is 1.03 bits per heavy atom. The van der Waals surface area contributed by atoms with E-state index in [1.54, 1.807) is 22.1 Å². The van der Waals surface area contributed by atoms with Gasteiger partial charge in [0, 0.05) is 18.0 Å². The fraction of sp³-hybridized carbons (Fsp3) is 0.458. The van der Waals surface area contributed by atoms with Crippen molar-refractivity contribution in [2.75, 3.05) is 25.4 Å². The summed E-state index contributed by atoms with van der Waals surface area (Å²) in [5.74, 6) is 0.322. The Bertz CT molecular complexity index is 1030. The molecule has 0 amide bonds. The lowest BCUT2D eigenvalue weighted by atomic mass is 10.1. The predicted octanol–water partition coefficient (Wildman–Crippen LogP) is 4.97. The Kier molecular flexibility index (Phi) is 9.61. The summed E-state index contributed by atoms with van der Waals surface area (Å²) in [4.78, 5) is 12.1. The Balaban J connectivity index is 2.02. The molecule has 2 aromatic rings. The number of nitrogens with zero attached hydrogens (tertiary/aromatic N) is 1. The van der Waals surface area contributed by atoms with E-state index in [2.05, 4.69) is 0 Å². The number of thioether (sulfide) groups is 1. The maximum atomic E-state index is 13.4. The highest BCUT2D eigenvalue weighted by Crippen LogP contribution is 2.28. The van der Waals surface area contributed by atoms with Crippen LogP contribution < -0.4 is 4.74 Å². The second kappa shape index (κ2) is 11.7. The number of hydrogen-bond acceptors (Lipinski definition) is 5. The van der Waals surface area contributed by atoms with E-state index in [0.717, 1.165) is 45.7 Å². The summed E-state index contributed by atoms with van der Waals surface area (Å²) in [5, 5.41) is 8.74. The largest absolute Gasteiger partial charge is 0.482 e. The molecule has 0 spiro atoms. The molecule has 2 rings (SSSR count). The minimum atomic E-state index is -3.55. The van der Waals surface area contributed by atoms with Crippen molar-refractivity contribution in [1.82, 2.24) is 4.31 Å². The summed E-state index contributed by atoms with van der Waals surface area (Å²) in [6.45, 7) is 10.2. The van der Waals surface area contributed by atoms with E-state index in [-0.39, 0.29) is 6.61 Å². The van der Waals surface area contributed by atoms with Gasteiger partial charge in [-0.25, -0.2) is 13.2 Å². The zero-order chi connectivity index (χ0) is 23.9. The number of aryl methyl sites for hydroxylation is 4. The second-order valence-corrected chi connectivity index (χ2v) is 11.0. The van der Waals surface area contributed by atoms with Gasteiger partial charge in [-0.2, -0.15) is 4.31 Å². The predicted molar refractivity (Wildman–Crippen MR) is 129 cm³/mol. The van der Waals surface area contributed by atoms with Crippen molar-refractivity contribution in [3.05, 3.63) is 52.6 Å². The van der Waals surface area contributed by atoms with E-state index in [0.29, 0.717) is 23.7 Å². The van der Waals surface area contributed by atoms with E-state index < -0.39 is 16.0 Å². The molecule has 0 aromatic heterocycles. The average Bonchev–Trinajstić information content (AvgIpc) is 2.68. The molecule has 0 radical (unpaired) electrons. The molecular weight excluding hydrogens is 446 g/mol.